The van der Waals surface area contributed by atoms with Gasteiger partial charge in [-0.1, -0.05) is 34.8 Å². The number of nitrogens with one attached hydrogen (secondary N) is 1. The van der Waals surface area contributed by atoms with E-state index in [9.17, 15) is 17.2 Å². The van der Waals surface area contributed by atoms with Crippen LogP contribution in [0.3, 0.4) is 0 Å². The lowest BCUT2D eigenvalue weighted by molar-refractivity contribution is -0.0497. The molecule has 2 aromatic carbocycles. The zero-order valence-corrected chi connectivity index (χ0v) is 14.1. The van der Waals surface area contributed by atoms with Crippen LogP contribution in [0.15, 0.2) is 41.3 Å². The Morgan fingerprint density at radius 2 is 1.65 bits per heavy atom. The normalized spacial score (nSPS) is 11.6. The smallest absolute Gasteiger partial charge is 0.387 e. The van der Waals surface area contributed by atoms with Crippen molar-refractivity contribution in [1.29, 1.82) is 0 Å². The first-order valence-corrected chi connectivity index (χ1v) is 8.53. The summed E-state index contributed by atoms with van der Waals surface area (Å²) in [6, 6.07) is 7.30. The van der Waals surface area contributed by atoms with Crippen molar-refractivity contribution in [1.82, 2.24) is 0 Å². The molecule has 2 aromatic rings. The maximum absolute atomic E-state index is 12.2. The van der Waals surface area contributed by atoms with E-state index in [0.717, 1.165) is 12.1 Å². The number of ether oxygens (including phenoxy) is 1. The van der Waals surface area contributed by atoms with Crippen molar-refractivity contribution in [2.75, 3.05) is 4.72 Å². The Morgan fingerprint density at radius 3 is 2.22 bits per heavy atom. The third kappa shape index (κ3) is 4.60. The SMILES string of the molecule is O=S(=O)(Nc1ccc(OC(F)F)c(Cl)c1)c1ccc(Cl)c(Cl)c1. The highest BCUT2D eigenvalue weighted by Gasteiger charge is 2.17. The van der Waals surface area contributed by atoms with Crippen molar-refractivity contribution in [3.63, 3.8) is 0 Å². The number of sulfonamides is 1. The van der Waals surface area contributed by atoms with Crippen LogP contribution in [0, 0.1) is 0 Å². The van der Waals surface area contributed by atoms with Crippen molar-refractivity contribution < 1.29 is 21.9 Å². The summed E-state index contributed by atoms with van der Waals surface area (Å²) in [4.78, 5) is -0.115. The summed E-state index contributed by atoms with van der Waals surface area (Å²) in [7, 11) is -3.95. The van der Waals surface area contributed by atoms with E-state index in [4.69, 9.17) is 34.8 Å². The number of alkyl halides is 2. The highest BCUT2D eigenvalue weighted by Crippen LogP contribution is 2.31. The van der Waals surface area contributed by atoms with Gasteiger partial charge in [-0.25, -0.2) is 8.42 Å². The van der Waals surface area contributed by atoms with Crippen LogP contribution in [0.2, 0.25) is 15.1 Å². The van der Waals surface area contributed by atoms with Crippen LogP contribution < -0.4 is 9.46 Å². The van der Waals surface area contributed by atoms with E-state index in [-0.39, 0.29) is 31.4 Å². The number of benzene rings is 2. The number of halogens is 5. The van der Waals surface area contributed by atoms with Crippen molar-refractivity contribution in [2.45, 2.75) is 11.5 Å². The Morgan fingerprint density at radius 1 is 0.957 bits per heavy atom. The molecule has 0 fully saturated rings. The van der Waals surface area contributed by atoms with Gasteiger partial charge in [0.15, 0.2) is 0 Å². The van der Waals surface area contributed by atoms with Gasteiger partial charge in [-0.2, -0.15) is 8.78 Å². The monoisotopic (exact) mass is 401 g/mol. The number of rotatable bonds is 5. The summed E-state index contributed by atoms with van der Waals surface area (Å²) in [5.41, 5.74) is 0.0719. The fourth-order valence-corrected chi connectivity index (χ4v) is 3.28. The van der Waals surface area contributed by atoms with Gasteiger partial charge in [0.05, 0.1) is 25.7 Å². The van der Waals surface area contributed by atoms with Crippen LogP contribution in [0.1, 0.15) is 0 Å². The van der Waals surface area contributed by atoms with E-state index in [0.29, 0.717) is 0 Å². The summed E-state index contributed by atoms with van der Waals surface area (Å²) < 4.78 is 55.2. The van der Waals surface area contributed by atoms with Gasteiger partial charge in [-0.05, 0) is 36.4 Å². The van der Waals surface area contributed by atoms with Gasteiger partial charge in [0.25, 0.3) is 10.0 Å². The first kappa shape index (κ1) is 18.1. The Labute approximate surface area is 146 Å². The van der Waals surface area contributed by atoms with E-state index < -0.39 is 16.6 Å². The molecule has 0 bridgehead atoms. The van der Waals surface area contributed by atoms with Crippen LogP contribution >= 0.6 is 34.8 Å². The maximum atomic E-state index is 12.2. The zero-order valence-electron chi connectivity index (χ0n) is 11.1. The molecule has 0 aliphatic carbocycles. The lowest BCUT2D eigenvalue weighted by atomic mass is 10.3. The van der Waals surface area contributed by atoms with Crippen LogP contribution in [-0.2, 0) is 10.0 Å². The van der Waals surface area contributed by atoms with Gasteiger partial charge in [0.2, 0.25) is 0 Å². The van der Waals surface area contributed by atoms with E-state index in [1.165, 1.54) is 24.3 Å². The molecule has 0 radical (unpaired) electrons. The van der Waals surface area contributed by atoms with Gasteiger partial charge in [0.1, 0.15) is 5.75 Å². The minimum absolute atomic E-state index is 0.0719. The van der Waals surface area contributed by atoms with E-state index >= 15 is 0 Å². The zero-order chi connectivity index (χ0) is 17.2. The molecule has 23 heavy (non-hydrogen) atoms. The van der Waals surface area contributed by atoms with Crippen LogP contribution in [0.4, 0.5) is 14.5 Å². The van der Waals surface area contributed by atoms with Crippen LogP contribution in [-0.4, -0.2) is 15.0 Å². The van der Waals surface area contributed by atoms with Gasteiger partial charge >= 0.3 is 6.61 Å². The maximum Gasteiger partial charge on any atom is 0.387 e. The fraction of sp³-hybridized carbons (Fsp3) is 0.0769. The highest BCUT2D eigenvalue weighted by molar-refractivity contribution is 7.92. The van der Waals surface area contributed by atoms with Gasteiger partial charge < -0.3 is 4.74 Å². The molecule has 124 valence electrons. The largest absolute Gasteiger partial charge is 0.433 e. The molecule has 0 heterocycles. The minimum Gasteiger partial charge on any atom is -0.433 e. The Bertz CT molecular complexity index is 831. The second kappa shape index (κ2) is 7.09. The molecule has 0 saturated heterocycles. The molecule has 4 nitrogen and oxygen atoms in total. The second-order valence-electron chi connectivity index (χ2n) is 4.21. The predicted molar refractivity (Wildman–Crippen MR) is 85.4 cm³/mol. The van der Waals surface area contributed by atoms with Crippen molar-refractivity contribution in [2.24, 2.45) is 0 Å². The molecule has 10 heteroatoms. The first-order chi connectivity index (χ1) is 10.7. The first-order valence-electron chi connectivity index (χ1n) is 5.91. The molecule has 0 aliphatic rings. The van der Waals surface area contributed by atoms with Gasteiger partial charge in [-0.3, -0.25) is 4.72 Å². The standard InChI is InChI=1S/C13H8Cl3F2NO3S/c14-9-3-2-8(6-10(9)15)23(20,21)19-7-1-4-12(11(16)5-7)22-13(17)18/h1-6,13,19H. The van der Waals surface area contributed by atoms with Gasteiger partial charge in [-0.15, -0.1) is 0 Å². The summed E-state index contributed by atoms with van der Waals surface area (Å²) in [6.45, 7) is -3.04. The van der Waals surface area contributed by atoms with Crippen LogP contribution in [0.25, 0.3) is 0 Å². The summed E-state index contributed by atoms with van der Waals surface area (Å²) in [6.07, 6.45) is 0. The van der Waals surface area contributed by atoms with E-state index in [1.807, 2.05) is 0 Å². The molecule has 0 amide bonds. The van der Waals surface area contributed by atoms with Crippen LogP contribution in [0.5, 0.6) is 5.75 Å². The summed E-state index contributed by atoms with van der Waals surface area (Å²) in [5, 5.41) is 0.120. The van der Waals surface area contributed by atoms with Crippen molar-refractivity contribution in [3.8, 4) is 5.75 Å². The van der Waals surface area contributed by atoms with Gasteiger partial charge in [0, 0.05) is 0 Å². The third-order valence-electron chi connectivity index (χ3n) is 2.60. The minimum atomic E-state index is -3.95. The lowest BCUT2D eigenvalue weighted by Crippen LogP contribution is -2.13. The molecule has 0 aromatic heterocycles. The average Bonchev–Trinajstić information content (AvgIpc) is 2.44. The van der Waals surface area contributed by atoms with E-state index in [2.05, 4.69) is 9.46 Å². The third-order valence-corrected chi connectivity index (χ3v) is 5.01. The molecule has 0 unspecified atom stereocenters. The Kier molecular flexibility index (Phi) is 5.57. The molecule has 1 N–H and O–H groups in total. The van der Waals surface area contributed by atoms with E-state index in [1.54, 1.807) is 0 Å². The van der Waals surface area contributed by atoms with Crippen molar-refractivity contribution >= 4 is 50.5 Å². The summed E-state index contributed by atoms with van der Waals surface area (Å²) in [5.74, 6) is -0.265. The topological polar surface area (TPSA) is 55.4 Å². The Hall–Kier alpha value is -1.28. The number of anilines is 1. The predicted octanol–water partition coefficient (Wildman–Crippen LogP) is 5.05. The average molecular weight is 403 g/mol. The Balaban J connectivity index is 2.26. The molecule has 0 aliphatic heterocycles. The molecular formula is C13H8Cl3F2NO3S. The highest BCUT2D eigenvalue weighted by atomic mass is 35.5. The second-order valence-corrected chi connectivity index (χ2v) is 7.11. The molecule has 2 rings (SSSR count). The molecule has 0 atom stereocenters. The fourth-order valence-electron chi connectivity index (χ4n) is 1.61. The lowest BCUT2D eigenvalue weighted by Gasteiger charge is -2.11. The summed E-state index contributed by atoms with van der Waals surface area (Å²) >= 11 is 17.3. The number of hydrogen-bond donors (Lipinski definition) is 1. The molecular weight excluding hydrogens is 395 g/mol. The molecule has 0 saturated carbocycles. The van der Waals surface area contributed by atoms with Crippen molar-refractivity contribution in [3.05, 3.63) is 51.5 Å². The quantitative estimate of drug-likeness (QED) is 0.761. The number of hydrogen-bond acceptors (Lipinski definition) is 3. The molecule has 0 spiro atoms.